The molecule has 0 radical (unpaired) electrons. The SMILES string of the molecule is CC(C)CN(C(=O)C(C)(N)C(F)(F)F)C1CCCC1. The van der Waals surface area contributed by atoms with Crippen molar-refractivity contribution in [1.29, 1.82) is 0 Å². The van der Waals surface area contributed by atoms with E-state index in [1.54, 1.807) is 0 Å². The maximum absolute atomic E-state index is 12.9. The van der Waals surface area contributed by atoms with Crippen molar-refractivity contribution >= 4 is 5.91 Å². The number of hydrogen-bond donors (Lipinski definition) is 1. The summed E-state index contributed by atoms with van der Waals surface area (Å²) < 4.78 is 38.7. The van der Waals surface area contributed by atoms with Crippen LogP contribution in [0.15, 0.2) is 0 Å². The summed E-state index contributed by atoms with van der Waals surface area (Å²) in [6.07, 6.45) is -1.27. The third-order valence-corrected chi connectivity index (χ3v) is 3.62. The number of carbonyl (C=O) groups is 1. The van der Waals surface area contributed by atoms with Crippen molar-refractivity contribution in [2.45, 2.75) is 64.2 Å². The van der Waals surface area contributed by atoms with Crippen LogP contribution < -0.4 is 5.73 Å². The van der Waals surface area contributed by atoms with Crippen molar-refractivity contribution in [2.24, 2.45) is 11.7 Å². The third-order valence-electron chi connectivity index (χ3n) is 3.62. The maximum atomic E-state index is 12.9. The second-order valence-corrected chi connectivity index (χ2v) is 5.99. The smallest absolute Gasteiger partial charge is 0.338 e. The lowest BCUT2D eigenvalue weighted by atomic mass is 9.98. The molecule has 0 heterocycles. The zero-order chi connectivity index (χ0) is 14.8. The number of alkyl halides is 3. The molecule has 0 aliphatic heterocycles. The van der Waals surface area contributed by atoms with Gasteiger partial charge in [-0.1, -0.05) is 26.7 Å². The molecule has 2 N–H and O–H groups in total. The molecule has 112 valence electrons. The minimum absolute atomic E-state index is 0.0971. The van der Waals surface area contributed by atoms with Gasteiger partial charge in [-0.15, -0.1) is 0 Å². The fourth-order valence-electron chi connectivity index (χ4n) is 2.43. The van der Waals surface area contributed by atoms with Crippen molar-refractivity contribution < 1.29 is 18.0 Å². The van der Waals surface area contributed by atoms with Crippen LogP contribution in [0.2, 0.25) is 0 Å². The minimum atomic E-state index is -4.72. The molecular weight excluding hydrogens is 257 g/mol. The monoisotopic (exact) mass is 280 g/mol. The Labute approximate surface area is 112 Å². The van der Waals surface area contributed by atoms with Crippen molar-refractivity contribution in [2.75, 3.05) is 6.54 Å². The first-order valence-electron chi connectivity index (χ1n) is 6.74. The third kappa shape index (κ3) is 3.61. The molecule has 1 fully saturated rings. The number of hydrogen-bond acceptors (Lipinski definition) is 2. The lowest BCUT2D eigenvalue weighted by molar-refractivity contribution is -0.195. The first-order chi connectivity index (χ1) is 8.57. The molecule has 1 saturated carbocycles. The predicted molar refractivity (Wildman–Crippen MR) is 67.5 cm³/mol. The van der Waals surface area contributed by atoms with Crippen LogP contribution in [0.3, 0.4) is 0 Å². The van der Waals surface area contributed by atoms with E-state index in [1.165, 1.54) is 4.90 Å². The van der Waals surface area contributed by atoms with Gasteiger partial charge in [0.05, 0.1) is 0 Å². The Morgan fingerprint density at radius 2 is 1.79 bits per heavy atom. The molecule has 1 unspecified atom stereocenters. The molecule has 3 nitrogen and oxygen atoms in total. The zero-order valence-corrected chi connectivity index (χ0v) is 11.8. The topological polar surface area (TPSA) is 46.3 Å². The summed E-state index contributed by atoms with van der Waals surface area (Å²) in [5.41, 5.74) is 2.46. The van der Waals surface area contributed by atoms with Crippen LogP contribution in [0.25, 0.3) is 0 Å². The first kappa shape index (κ1) is 16.3. The second-order valence-electron chi connectivity index (χ2n) is 5.99. The van der Waals surface area contributed by atoms with Crippen LogP contribution in [-0.4, -0.2) is 35.1 Å². The molecule has 0 aromatic heterocycles. The van der Waals surface area contributed by atoms with Crippen molar-refractivity contribution in [3.8, 4) is 0 Å². The van der Waals surface area contributed by atoms with Gasteiger partial charge in [-0.25, -0.2) is 0 Å². The molecule has 0 saturated heterocycles. The molecule has 6 heteroatoms. The van der Waals surface area contributed by atoms with Crippen molar-refractivity contribution in [3.05, 3.63) is 0 Å². The van der Waals surface area contributed by atoms with E-state index in [1.807, 2.05) is 13.8 Å². The van der Waals surface area contributed by atoms with E-state index < -0.39 is 17.6 Å². The van der Waals surface area contributed by atoms with Gasteiger partial charge in [0.1, 0.15) is 0 Å². The number of nitrogens with two attached hydrogens (primary N) is 1. The number of halogens is 3. The normalized spacial score (nSPS) is 20.6. The van der Waals surface area contributed by atoms with Crippen molar-refractivity contribution in [1.82, 2.24) is 4.90 Å². The largest absolute Gasteiger partial charge is 0.415 e. The lowest BCUT2D eigenvalue weighted by Crippen LogP contribution is -2.63. The van der Waals surface area contributed by atoms with Crippen LogP contribution in [0, 0.1) is 5.92 Å². The highest BCUT2D eigenvalue weighted by Crippen LogP contribution is 2.33. The maximum Gasteiger partial charge on any atom is 0.415 e. The van der Waals surface area contributed by atoms with E-state index in [2.05, 4.69) is 0 Å². The van der Waals surface area contributed by atoms with Gasteiger partial charge in [-0.3, -0.25) is 4.79 Å². The van der Waals surface area contributed by atoms with Crippen LogP contribution in [0.1, 0.15) is 46.5 Å². The summed E-state index contributed by atoms with van der Waals surface area (Å²) in [7, 11) is 0. The van der Waals surface area contributed by atoms with E-state index in [4.69, 9.17) is 5.73 Å². The van der Waals surface area contributed by atoms with Gasteiger partial charge in [0, 0.05) is 12.6 Å². The average molecular weight is 280 g/mol. The molecule has 0 spiro atoms. The van der Waals surface area contributed by atoms with Crippen LogP contribution in [0.4, 0.5) is 13.2 Å². The quantitative estimate of drug-likeness (QED) is 0.860. The Kier molecular flexibility index (Phi) is 4.87. The van der Waals surface area contributed by atoms with Crippen LogP contribution in [0.5, 0.6) is 0 Å². The van der Waals surface area contributed by atoms with Gasteiger partial charge in [0.15, 0.2) is 5.54 Å². The van der Waals surface area contributed by atoms with E-state index in [0.29, 0.717) is 6.54 Å². The highest BCUT2D eigenvalue weighted by Gasteiger charge is 2.56. The Morgan fingerprint density at radius 1 is 1.32 bits per heavy atom. The van der Waals surface area contributed by atoms with Gasteiger partial charge in [0.25, 0.3) is 5.91 Å². The standard InChI is InChI=1S/C13H23F3N2O/c1-9(2)8-18(10-6-4-5-7-10)11(19)12(3,17)13(14,15)16/h9-10H,4-8,17H2,1-3H3. The second kappa shape index (κ2) is 5.69. The highest BCUT2D eigenvalue weighted by molar-refractivity contribution is 5.87. The van der Waals surface area contributed by atoms with Gasteiger partial charge in [-0.05, 0) is 25.7 Å². The Balaban J connectivity index is 2.93. The molecule has 1 aliphatic rings. The van der Waals surface area contributed by atoms with Gasteiger partial charge in [0.2, 0.25) is 0 Å². The molecule has 0 bridgehead atoms. The average Bonchev–Trinajstić information content (AvgIpc) is 2.76. The summed E-state index contributed by atoms with van der Waals surface area (Å²) in [6, 6.07) is -0.0971. The Morgan fingerprint density at radius 3 is 2.16 bits per heavy atom. The first-order valence-corrected chi connectivity index (χ1v) is 6.74. The summed E-state index contributed by atoms with van der Waals surface area (Å²) in [4.78, 5) is 13.6. The summed E-state index contributed by atoms with van der Waals surface area (Å²) in [6.45, 7) is 4.86. The summed E-state index contributed by atoms with van der Waals surface area (Å²) >= 11 is 0. The molecule has 1 aliphatic carbocycles. The molecular formula is C13H23F3N2O. The predicted octanol–water partition coefficient (Wildman–Crippen LogP) is 2.69. The Bertz CT molecular complexity index is 320. The summed E-state index contributed by atoms with van der Waals surface area (Å²) in [5, 5.41) is 0. The lowest BCUT2D eigenvalue weighted by Gasteiger charge is -2.37. The molecule has 0 aromatic carbocycles. The van der Waals surface area contributed by atoms with E-state index in [9.17, 15) is 18.0 Å². The summed E-state index contributed by atoms with van der Waals surface area (Å²) in [5.74, 6) is -0.880. The van der Waals surface area contributed by atoms with Gasteiger partial charge < -0.3 is 10.6 Å². The van der Waals surface area contributed by atoms with Gasteiger partial charge in [-0.2, -0.15) is 13.2 Å². The van der Waals surface area contributed by atoms with Crippen LogP contribution >= 0.6 is 0 Å². The van der Waals surface area contributed by atoms with Crippen LogP contribution in [-0.2, 0) is 4.79 Å². The zero-order valence-electron chi connectivity index (χ0n) is 11.8. The van der Waals surface area contributed by atoms with E-state index in [0.717, 1.165) is 32.6 Å². The Hall–Kier alpha value is -0.780. The van der Waals surface area contributed by atoms with E-state index >= 15 is 0 Å². The molecule has 1 rings (SSSR count). The minimum Gasteiger partial charge on any atom is -0.338 e. The van der Waals surface area contributed by atoms with E-state index in [-0.39, 0.29) is 12.0 Å². The number of rotatable bonds is 4. The molecule has 1 amide bonds. The van der Waals surface area contributed by atoms with Crippen molar-refractivity contribution in [3.63, 3.8) is 0 Å². The highest BCUT2D eigenvalue weighted by atomic mass is 19.4. The van der Waals surface area contributed by atoms with Gasteiger partial charge >= 0.3 is 6.18 Å². The molecule has 1 atom stereocenters. The number of nitrogens with zero attached hydrogens (tertiary/aromatic N) is 1. The molecule has 19 heavy (non-hydrogen) atoms. The number of carbonyl (C=O) groups excluding carboxylic acids is 1. The number of amides is 1. The molecule has 0 aromatic rings. The fourth-order valence-corrected chi connectivity index (χ4v) is 2.43. The fraction of sp³-hybridized carbons (Fsp3) is 0.923.